The molecule has 30 heavy (non-hydrogen) atoms. The van der Waals surface area contributed by atoms with Crippen LogP contribution in [-0.2, 0) is 19.1 Å². The van der Waals surface area contributed by atoms with E-state index in [0.29, 0.717) is 30.6 Å². The maximum atomic E-state index is 12.9. The summed E-state index contributed by atoms with van der Waals surface area (Å²) in [6, 6.07) is 0. The number of unbranched alkanes of at least 4 members (excludes halogenated alkanes) is 2. The number of esters is 2. The van der Waals surface area contributed by atoms with E-state index in [2.05, 4.69) is 27.7 Å². The number of carbonyl (C=O) groups excluding carboxylic acids is 2. The van der Waals surface area contributed by atoms with Crippen LogP contribution in [0.2, 0.25) is 0 Å². The van der Waals surface area contributed by atoms with Crippen LogP contribution in [-0.4, -0.2) is 25.2 Å². The molecule has 0 heterocycles. The Labute approximate surface area is 183 Å². The third kappa shape index (κ3) is 9.32. The maximum absolute atomic E-state index is 12.9. The van der Waals surface area contributed by atoms with Gasteiger partial charge in [0.1, 0.15) is 5.92 Å². The molecule has 0 aromatic heterocycles. The molecule has 1 rings (SSSR count). The molecule has 0 amide bonds. The van der Waals surface area contributed by atoms with E-state index in [1.165, 1.54) is 0 Å². The molecule has 0 radical (unpaired) electrons. The van der Waals surface area contributed by atoms with Crippen LogP contribution in [0.1, 0.15) is 86.0 Å². The first-order valence-corrected chi connectivity index (χ1v) is 11.9. The van der Waals surface area contributed by atoms with Gasteiger partial charge in [-0.2, -0.15) is 0 Å². The minimum atomic E-state index is -0.717. The molecule has 0 fully saturated rings. The van der Waals surface area contributed by atoms with E-state index in [9.17, 15) is 9.59 Å². The first-order valence-electron chi connectivity index (χ1n) is 11.9. The summed E-state index contributed by atoms with van der Waals surface area (Å²) in [5, 5.41) is 0. The first-order chi connectivity index (χ1) is 14.5. The first kappa shape index (κ1) is 26.2. The molecule has 0 aromatic carbocycles. The Balaban J connectivity index is 2.79. The molecule has 0 spiro atoms. The Morgan fingerprint density at radius 1 is 0.933 bits per heavy atom. The van der Waals surface area contributed by atoms with Crippen LogP contribution in [0.5, 0.6) is 0 Å². The summed E-state index contributed by atoms with van der Waals surface area (Å²) < 4.78 is 11.3. The highest BCUT2D eigenvalue weighted by Crippen LogP contribution is 2.24. The minimum Gasteiger partial charge on any atom is -0.465 e. The molecule has 170 valence electrons. The Kier molecular flexibility index (Phi) is 13.1. The second kappa shape index (κ2) is 15.0. The lowest BCUT2D eigenvalue weighted by molar-refractivity contribution is -0.150. The molecule has 1 aliphatic carbocycles. The van der Waals surface area contributed by atoms with E-state index in [1.807, 2.05) is 19.1 Å². The summed E-state index contributed by atoms with van der Waals surface area (Å²) in [5.74, 6) is -0.770. The number of hydrogen-bond acceptors (Lipinski definition) is 4. The number of allylic oxidation sites excluding steroid dienone is 4. The predicted octanol–water partition coefficient (Wildman–Crippen LogP) is 6.56. The lowest BCUT2D eigenvalue weighted by Gasteiger charge is -2.20. The van der Waals surface area contributed by atoms with Gasteiger partial charge in [0.05, 0.1) is 18.8 Å². The van der Waals surface area contributed by atoms with E-state index in [-0.39, 0.29) is 5.97 Å². The van der Waals surface area contributed by atoms with Crippen LogP contribution in [0.15, 0.2) is 35.5 Å². The number of hydrogen-bond donors (Lipinski definition) is 0. The quantitative estimate of drug-likeness (QED) is 0.300. The normalized spacial score (nSPS) is 18.1. The molecule has 0 saturated heterocycles. The fourth-order valence-corrected chi connectivity index (χ4v) is 3.56. The Hall–Kier alpha value is -1.84. The van der Waals surface area contributed by atoms with Crippen molar-refractivity contribution >= 4 is 11.9 Å². The number of ether oxygens (including phenoxy) is 2. The average Bonchev–Trinajstić information content (AvgIpc) is 2.95. The summed E-state index contributed by atoms with van der Waals surface area (Å²) in [6.45, 7) is 11.3. The van der Waals surface area contributed by atoms with Gasteiger partial charge in [-0.25, -0.2) is 4.79 Å². The fraction of sp³-hybridized carbons (Fsp3) is 0.692. The van der Waals surface area contributed by atoms with E-state index >= 15 is 0 Å². The van der Waals surface area contributed by atoms with Gasteiger partial charge in [0.15, 0.2) is 0 Å². The largest absolute Gasteiger partial charge is 0.465 e. The van der Waals surface area contributed by atoms with E-state index in [4.69, 9.17) is 9.47 Å². The predicted molar refractivity (Wildman–Crippen MR) is 123 cm³/mol. The van der Waals surface area contributed by atoms with Gasteiger partial charge < -0.3 is 9.47 Å². The van der Waals surface area contributed by atoms with Gasteiger partial charge in [-0.1, -0.05) is 90.0 Å². The smallest absolute Gasteiger partial charge is 0.335 e. The standard InChI is InChI=1S/C26H42O4/c1-6-10-14-21(8-3)18-29-25(27)23-16-12-13-20(5)17-24(23)26(28)30-19-22(9-4)15-11-7-2/h12-13,16-17,21-23H,6-11,14-15,18-19H2,1-5H3. The highest BCUT2D eigenvalue weighted by molar-refractivity contribution is 5.97. The molecule has 0 N–H and O–H groups in total. The van der Waals surface area contributed by atoms with Gasteiger partial charge in [-0.15, -0.1) is 0 Å². The van der Waals surface area contributed by atoms with Crippen LogP contribution in [0.3, 0.4) is 0 Å². The molecular weight excluding hydrogens is 376 g/mol. The highest BCUT2D eigenvalue weighted by Gasteiger charge is 2.29. The molecule has 0 aliphatic heterocycles. The molecule has 0 bridgehead atoms. The van der Waals surface area contributed by atoms with Crippen LogP contribution in [0, 0.1) is 17.8 Å². The Bertz CT molecular complexity index is 615. The lowest BCUT2D eigenvalue weighted by atomic mass is 9.97. The van der Waals surface area contributed by atoms with Gasteiger partial charge >= 0.3 is 11.9 Å². The number of carbonyl (C=O) groups is 2. The SMILES string of the molecule is CCCCC(CC)COC(=O)C1=CC(C)=CC=CC1C(=O)OCC(CC)CCCC. The fourth-order valence-electron chi connectivity index (χ4n) is 3.56. The zero-order valence-electron chi connectivity index (χ0n) is 19.7. The molecule has 0 aromatic rings. The molecular formula is C26H42O4. The van der Waals surface area contributed by atoms with Crippen LogP contribution in [0.4, 0.5) is 0 Å². The van der Waals surface area contributed by atoms with Gasteiger partial charge in [0, 0.05) is 0 Å². The Morgan fingerprint density at radius 3 is 2.03 bits per heavy atom. The second-order valence-corrected chi connectivity index (χ2v) is 8.43. The third-order valence-electron chi connectivity index (χ3n) is 5.87. The van der Waals surface area contributed by atoms with Gasteiger partial charge in [-0.3, -0.25) is 4.79 Å². The summed E-state index contributed by atoms with van der Waals surface area (Å²) in [6.07, 6.45) is 15.8. The molecule has 3 atom stereocenters. The zero-order valence-corrected chi connectivity index (χ0v) is 19.7. The van der Waals surface area contributed by atoms with E-state index in [1.54, 1.807) is 12.2 Å². The van der Waals surface area contributed by atoms with Crippen molar-refractivity contribution in [3.63, 3.8) is 0 Å². The lowest BCUT2D eigenvalue weighted by Crippen LogP contribution is -2.26. The van der Waals surface area contributed by atoms with Gasteiger partial charge in [0.25, 0.3) is 0 Å². The van der Waals surface area contributed by atoms with Crippen molar-refractivity contribution < 1.29 is 19.1 Å². The molecule has 4 heteroatoms. The third-order valence-corrected chi connectivity index (χ3v) is 5.87. The molecule has 1 aliphatic rings. The maximum Gasteiger partial charge on any atom is 0.335 e. The van der Waals surface area contributed by atoms with Crippen LogP contribution >= 0.6 is 0 Å². The van der Waals surface area contributed by atoms with Crippen LogP contribution in [0.25, 0.3) is 0 Å². The summed E-state index contributed by atoms with van der Waals surface area (Å²) in [5.41, 5.74) is 1.29. The van der Waals surface area contributed by atoms with Crippen molar-refractivity contribution in [3.05, 3.63) is 35.5 Å². The van der Waals surface area contributed by atoms with Crippen LogP contribution < -0.4 is 0 Å². The molecule has 0 saturated carbocycles. The van der Waals surface area contributed by atoms with E-state index < -0.39 is 11.9 Å². The molecule has 3 unspecified atom stereocenters. The summed E-state index contributed by atoms with van der Waals surface area (Å²) in [4.78, 5) is 25.7. The van der Waals surface area contributed by atoms with Crippen molar-refractivity contribution in [2.75, 3.05) is 13.2 Å². The van der Waals surface area contributed by atoms with E-state index in [0.717, 1.165) is 56.9 Å². The van der Waals surface area contributed by atoms with Crippen molar-refractivity contribution in [1.29, 1.82) is 0 Å². The minimum absolute atomic E-state index is 0.363. The monoisotopic (exact) mass is 418 g/mol. The van der Waals surface area contributed by atoms with Gasteiger partial charge in [0.2, 0.25) is 0 Å². The van der Waals surface area contributed by atoms with Gasteiger partial charge in [-0.05, 0) is 37.7 Å². The molecule has 4 nitrogen and oxygen atoms in total. The zero-order chi connectivity index (χ0) is 22.4. The second-order valence-electron chi connectivity index (χ2n) is 8.43. The van der Waals surface area contributed by atoms with Crippen molar-refractivity contribution in [1.82, 2.24) is 0 Å². The topological polar surface area (TPSA) is 52.6 Å². The highest BCUT2D eigenvalue weighted by atomic mass is 16.5. The summed E-state index contributed by atoms with van der Waals surface area (Å²) in [7, 11) is 0. The number of rotatable bonds is 14. The van der Waals surface area contributed by atoms with Crippen molar-refractivity contribution in [2.24, 2.45) is 17.8 Å². The van der Waals surface area contributed by atoms with Crippen molar-refractivity contribution in [2.45, 2.75) is 86.0 Å². The summed E-state index contributed by atoms with van der Waals surface area (Å²) >= 11 is 0. The Morgan fingerprint density at radius 2 is 1.50 bits per heavy atom. The van der Waals surface area contributed by atoms with Crippen molar-refractivity contribution in [3.8, 4) is 0 Å². The average molecular weight is 419 g/mol.